The van der Waals surface area contributed by atoms with Gasteiger partial charge in [-0.05, 0) is 26.2 Å². The minimum Gasteiger partial charge on any atom is -0.310 e. The van der Waals surface area contributed by atoms with Crippen molar-refractivity contribution in [3.63, 3.8) is 0 Å². The Morgan fingerprint density at radius 3 is 2.75 bits per heavy atom. The van der Waals surface area contributed by atoms with Crippen LogP contribution in [0, 0.1) is 0 Å². The van der Waals surface area contributed by atoms with Crippen LogP contribution >= 0.6 is 0 Å². The van der Waals surface area contributed by atoms with E-state index in [1.54, 1.807) is 0 Å². The number of nitrogens with zero attached hydrogens (tertiary/aromatic N) is 1. The number of nitrogens with one attached hydrogen (secondary N) is 1. The standard InChI is InChI=1S/C6H12N2/c1-2-7-8-6-4-3-5-6/h7H,2-5H2,1H3. The molecule has 0 heterocycles. The molecule has 2 heteroatoms. The maximum Gasteiger partial charge on any atom is 0.0378 e. The van der Waals surface area contributed by atoms with E-state index in [9.17, 15) is 0 Å². The van der Waals surface area contributed by atoms with E-state index in [1.807, 2.05) is 0 Å². The zero-order chi connectivity index (χ0) is 5.82. The quantitative estimate of drug-likeness (QED) is 0.532. The maximum atomic E-state index is 4.11. The third kappa shape index (κ3) is 1.22. The van der Waals surface area contributed by atoms with Crippen LogP contribution in [0.15, 0.2) is 5.10 Å². The minimum atomic E-state index is 0.948. The van der Waals surface area contributed by atoms with E-state index < -0.39 is 0 Å². The lowest BCUT2D eigenvalue weighted by Crippen LogP contribution is -2.15. The molecule has 8 heavy (non-hydrogen) atoms. The topological polar surface area (TPSA) is 24.4 Å². The number of hydrogen-bond acceptors (Lipinski definition) is 2. The van der Waals surface area contributed by atoms with Gasteiger partial charge in [-0.25, -0.2) is 0 Å². The summed E-state index contributed by atoms with van der Waals surface area (Å²) in [5.41, 5.74) is 4.28. The van der Waals surface area contributed by atoms with E-state index in [0.717, 1.165) is 6.54 Å². The van der Waals surface area contributed by atoms with Crippen LogP contribution in [0.5, 0.6) is 0 Å². The van der Waals surface area contributed by atoms with Gasteiger partial charge in [0.1, 0.15) is 0 Å². The smallest absolute Gasteiger partial charge is 0.0378 e. The van der Waals surface area contributed by atoms with E-state index in [-0.39, 0.29) is 0 Å². The summed E-state index contributed by atoms with van der Waals surface area (Å²) >= 11 is 0. The highest BCUT2D eigenvalue weighted by atomic mass is 15.3. The second-order valence-electron chi connectivity index (χ2n) is 2.04. The monoisotopic (exact) mass is 112 g/mol. The average molecular weight is 112 g/mol. The summed E-state index contributed by atoms with van der Waals surface area (Å²) < 4.78 is 0. The summed E-state index contributed by atoms with van der Waals surface area (Å²) in [4.78, 5) is 0. The molecule has 0 radical (unpaired) electrons. The van der Waals surface area contributed by atoms with Gasteiger partial charge in [-0.1, -0.05) is 0 Å². The minimum absolute atomic E-state index is 0.948. The SMILES string of the molecule is CCNN=C1CCC1. The third-order valence-electron chi connectivity index (χ3n) is 1.33. The largest absolute Gasteiger partial charge is 0.310 e. The highest BCUT2D eigenvalue weighted by Gasteiger charge is 2.08. The first-order valence-electron chi connectivity index (χ1n) is 3.21. The maximum absolute atomic E-state index is 4.11. The van der Waals surface area contributed by atoms with Crippen LogP contribution in [-0.4, -0.2) is 12.3 Å². The van der Waals surface area contributed by atoms with Crippen LogP contribution in [0.4, 0.5) is 0 Å². The molecule has 0 aromatic carbocycles. The van der Waals surface area contributed by atoms with Crippen molar-refractivity contribution in [2.24, 2.45) is 5.10 Å². The molecule has 1 aliphatic rings. The Labute approximate surface area is 50.0 Å². The fourth-order valence-electron chi connectivity index (χ4n) is 0.638. The van der Waals surface area contributed by atoms with Crippen molar-refractivity contribution in [1.29, 1.82) is 0 Å². The molecule has 0 aromatic heterocycles. The first-order valence-corrected chi connectivity index (χ1v) is 3.21. The molecule has 1 N–H and O–H groups in total. The van der Waals surface area contributed by atoms with Crippen LogP contribution in [0.1, 0.15) is 26.2 Å². The van der Waals surface area contributed by atoms with Gasteiger partial charge in [-0.3, -0.25) is 0 Å². The van der Waals surface area contributed by atoms with Crippen LogP contribution in [0.3, 0.4) is 0 Å². The van der Waals surface area contributed by atoms with Gasteiger partial charge in [0.15, 0.2) is 0 Å². The Morgan fingerprint density at radius 2 is 2.38 bits per heavy atom. The van der Waals surface area contributed by atoms with Gasteiger partial charge in [-0.2, -0.15) is 5.10 Å². The first-order chi connectivity index (χ1) is 3.93. The lowest BCUT2D eigenvalue weighted by atomic mass is 9.98. The third-order valence-corrected chi connectivity index (χ3v) is 1.33. The molecule has 0 aliphatic heterocycles. The normalized spacial score (nSPS) is 17.4. The molecule has 1 saturated carbocycles. The second kappa shape index (κ2) is 2.70. The van der Waals surface area contributed by atoms with E-state index >= 15 is 0 Å². The molecule has 46 valence electrons. The second-order valence-corrected chi connectivity index (χ2v) is 2.04. The van der Waals surface area contributed by atoms with Crippen LogP contribution in [0.25, 0.3) is 0 Å². The summed E-state index contributed by atoms with van der Waals surface area (Å²) in [5.74, 6) is 0. The fraction of sp³-hybridized carbons (Fsp3) is 0.833. The number of hydrogen-bond donors (Lipinski definition) is 1. The van der Waals surface area contributed by atoms with Crippen molar-refractivity contribution in [1.82, 2.24) is 5.43 Å². The molecule has 0 saturated heterocycles. The Kier molecular flexibility index (Phi) is 1.89. The molecule has 0 unspecified atom stereocenters. The van der Waals surface area contributed by atoms with E-state index in [4.69, 9.17) is 0 Å². The first kappa shape index (κ1) is 5.60. The molecule has 0 amide bonds. The molecule has 2 nitrogen and oxygen atoms in total. The predicted molar refractivity (Wildman–Crippen MR) is 35.0 cm³/mol. The molecule has 0 aromatic rings. The average Bonchev–Trinajstić information content (AvgIpc) is 1.63. The molecule has 1 aliphatic carbocycles. The van der Waals surface area contributed by atoms with Crippen molar-refractivity contribution < 1.29 is 0 Å². The van der Waals surface area contributed by atoms with Crippen LogP contribution < -0.4 is 5.43 Å². The van der Waals surface area contributed by atoms with Crippen molar-refractivity contribution in [2.45, 2.75) is 26.2 Å². The lowest BCUT2D eigenvalue weighted by molar-refractivity contribution is 0.724. The van der Waals surface area contributed by atoms with Crippen molar-refractivity contribution >= 4 is 5.71 Å². The van der Waals surface area contributed by atoms with Gasteiger partial charge in [0, 0.05) is 12.3 Å². The number of rotatable bonds is 2. The summed E-state index contributed by atoms with van der Waals surface area (Å²) in [7, 11) is 0. The molecule has 1 fully saturated rings. The zero-order valence-corrected chi connectivity index (χ0v) is 5.28. The zero-order valence-electron chi connectivity index (χ0n) is 5.28. The van der Waals surface area contributed by atoms with E-state index in [1.165, 1.54) is 25.0 Å². The van der Waals surface area contributed by atoms with Gasteiger partial charge in [0.05, 0.1) is 0 Å². The summed E-state index contributed by atoms with van der Waals surface area (Å²) in [6.07, 6.45) is 3.77. The van der Waals surface area contributed by atoms with Gasteiger partial charge in [-0.15, -0.1) is 0 Å². The Morgan fingerprint density at radius 1 is 1.62 bits per heavy atom. The fourth-order valence-corrected chi connectivity index (χ4v) is 0.638. The summed E-state index contributed by atoms with van der Waals surface area (Å²) in [5, 5.41) is 4.11. The molecular formula is C6H12N2. The van der Waals surface area contributed by atoms with Gasteiger partial charge in [0.2, 0.25) is 0 Å². The van der Waals surface area contributed by atoms with Crippen molar-refractivity contribution in [3.05, 3.63) is 0 Å². The molecule has 0 atom stereocenters. The van der Waals surface area contributed by atoms with E-state index in [0.29, 0.717) is 0 Å². The van der Waals surface area contributed by atoms with Crippen molar-refractivity contribution in [2.75, 3.05) is 6.54 Å². The Bertz CT molecular complexity index is 90.7. The molecule has 0 bridgehead atoms. The van der Waals surface area contributed by atoms with Crippen LogP contribution in [0.2, 0.25) is 0 Å². The van der Waals surface area contributed by atoms with Crippen molar-refractivity contribution in [3.8, 4) is 0 Å². The van der Waals surface area contributed by atoms with Gasteiger partial charge in [0.25, 0.3) is 0 Å². The molecule has 0 spiro atoms. The molecular weight excluding hydrogens is 100 g/mol. The predicted octanol–water partition coefficient (Wildman–Crippen LogP) is 1.14. The van der Waals surface area contributed by atoms with Gasteiger partial charge >= 0.3 is 0 Å². The lowest BCUT2D eigenvalue weighted by Gasteiger charge is -2.13. The highest BCUT2D eigenvalue weighted by Crippen LogP contribution is 2.12. The van der Waals surface area contributed by atoms with Gasteiger partial charge < -0.3 is 5.43 Å². The Balaban J connectivity index is 2.11. The summed E-state index contributed by atoms with van der Waals surface area (Å²) in [6, 6.07) is 0. The van der Waals surface area contributed by atoms with Crippen LogP contribution in [-0.2, 0) is 0 Å². The molecule has 1 rings (SSSR count). The van der Waals surface area contributed by atoms with E-state index in [2.05, 4.69) is 17.5 Å². The Hall–Kier alpha value is -0.530. The summed E-state index contributed by atoms with van der Waals surface area (Å²) in [6.45, 7) is 3.01. The number of hydrazone groups is 1. The highest BCUT2D eigenvalue weighted by molar-refractivity contribution is 5.88.